The van der Waals surface area contributed by atoms with Crippen LogP contribution in [0.3, 0.4) is 0 Å². The van der Waals surface area contributed by atoms with Gasteiger partial charge in [-0.25, -0.2) is 0 Å². The summed E-state index contributed by atoms with van der Waals surface area (Å²) in [6.07, 6.45) is 0.330. The highest BCUT2D eigenvalue weighted by Crippen LogP contribution is 2.23. The molecule has 0 saturated carbocycles. The second-order valence-corrected chi connectivity index (χ2v) is 5.18. The van der Waals surface area contributed by atoms with Crippen LogP contribution in [-0.2, 0) is 16.1 Å². The fourth-order valence-corrected chi connectivity index (χ4v) is 1.98. The summed E-state index contributed by atoms with van der Waals surface area (Å²) in [4.78, 5) is 13.2. The third kappa shape index (κ3) is 4.68. The van der Waals surface area contributed by atoms with Crippen LogP contribution in [0.1, 0.15) is 19.2 Å². The van der Waals surface area contributed by atoms with E-state index in [0.717, 1.165) is 0 Å². The molecule has 0 amide bonds. The molecule has 2 rings (SSSR count). The third-order valence-corrected chi connectivity index (χ3v) is 3.09. The van der Waals surface area contributed by atoms with Crippen LogP contribution in [0.5, 0.6) is 0 Å². The fourth-order valence-electron chi connectivity index (χ4n) is 1.67. The second-order valence-electron chi connectivity index (χ2n) is 4.40. The summed E-state index contributed by atoms with van der Waals surface area (Å²) in [5, 5.41) is 7.88. The zero-order chi connectivity index (χ0) is 15.2. The van der Waals surface area contributed by atoms with Gasteiger partial charge in [0.05, 0.1) is 19.6 Å². The number of rotatable bonds is 7. The first kappa shape index (κ1) is 15.7. The van der Waals surface area contributed by atoms with Crippen molar-refractivity contribution < 1.29 is 18.4 Å². The van der Waals surface area contributed by atoms with Crippen molar-refractivity contribution >= 4 is 21.9 Å². The van der Waals surface area contributed by atoms with E-state index >= 15 is 0 Å². The van der Waals surface area contributed by atoms with Crippen molar-refractivity contribution in [1.82, 2.24) is 15.1 Å². The minimum Gasteiger partial charge on any atom is -0.466 e. The Bertz CT molecular complexity index is 596. The van der Waals surface area contributed by atoms with Crippen molar-refractivity contribution in [3.05, 3.63) is 22.7 Å². The van der Waals surface area contributed by atoms with Gasteiger partial charge in [0.2, 0.25) is 5.89 Å². The fraction of sp³-hybridized carbons (Fsp3) is 0.462. The molecule has 114 valence electrons. The molecule has 0 aliphatic rings. The van der Waals surface area contributed by atoms with Gasteiger partial charge in [-0.1, -0.05) is 0 Å². The van der Waals surface area contributed by atoms with Gasteiger partial charge < -0.3 is 13.6 Å². The van der Waals surface area contributed by atoms with E-state index in [9.17, 15) is 4.79 Å². The highest BCUT2D eigenvalue weighted by Gasteiger charge is 2.14. The van der Waals surface area contributed by atoms with Gasteiger partial charge in [0, 0.05) is 6.54 Å². The Balaban J connectivity index is 1.86. The van der Waals surface area contributed by atoms with Crippen LogP contribution in [0.2, 0.25) is 0 Å². The van der Waals surface area contributed by atoms with E-state index in [4.69, 9.17) is 13.6 Å². The van der Waals surface area contributed by atoms with Crippen LogP contribution < -0.4 is 0 Å². The van der Waals surface area contributed by atoms with Gasteiger partial charge in [-0.2, -0.15) is 0 Å². The van der Waals surface area contributed by atoms with E-state index in [2.05, 4.69) is 26.1 Å². The average Bonchev–Trinajstić information content (AvgIpc) is 3.06. The Morgan fingerprint density at radius 2 is 2.19 bits per heavy atom. The molecule has 21 heavy (non-hydrogen) atoms. The Hall–Kier alpha value is -1.67. The number of esters is 1. The summed E-state index contributed by atoms with van der Waals surface area (Å²) >= 11 is 3.21. The largest absolute Gasteiger partial charge is 0.466 e. The summed E-state index contributed by atoms with van der Waals surface area (Å²) in [5.74, 6) is 1.09. The molecule has 2 aromatic rings. The molecule has 0 aromatic carbocycles. The number of hydrogen-bond donors (Lipinski definition) is 0. The number of carbonyl (C=O) groups excluding carboxylic acids is 1. The van der Waals surface area contributed by atoms with E-state index in [1.807, 2.05) is 11.9 Å². The van der Waals surface area contributed by atoms with Gasteiger partial charge in [-0.15, -0.1) is 10.2 Å². The topological polar surface area (TPSA) is 81.6 Å². The molecule has 2 heterocycles. The lowest BCUT2D eigenvalue weighted by atomic mass is 10.4. The van der Waals surface area contributed by atoms with E-state index < -0.39 is 0 Å². The molecule has 0 atom stereocenters. The normalized spacial score (nSPS) is 11.0. The quantitative estimate of drug-likeness (QED) is 0.703. The third-order valence-electron chi connectivity index (χ3n) is 2.66. The molecule has 0 spiro atoms. The molecular weight excluding hydrogens is 342 g/mol. The van der Waals surface area contributed by atoms with Crippen molar-refractivity contribution in [3.8, 4) is 11.7 Å². The number of halogens is 1. The molecule has 0 fully saturated rings. The van der Waals surface area contributed by atoms with Gasteiger partial charge in [0.15, 0.2) is 10.4 Å². The lowest BCUT2D eigenvalue weighted by molar-refractivity contribution is -0.143. The number of aromatic nitrogens is 2. The Labute approximate surface area is 130 Å². The molecular formula is C13H16BrN3O4. The van der Waals surface area contributed by atoms with Crippen molar-refractivity contribution in [1.29, 1.82) is 0 Å². The first-order valence-electron chi connectivity index (χ1n) is 6.50. The van der Waals surface area contributed by atoms with Gasteiger partial charge in [0.1, 0.15) is 0 Å². The van der Waals surface area contributed by atoms with Crippen LogP contribution in [-0.4, -0.2) is 41.3 Å². The van der Waals surface area contributed by atoms with Crippen LogP contribution in [0.25, 0.3) is 11.7 Å². The number of furan rings is 1. The van der Waals surface area contributed by atoms with Gasteiger partial charge >= 0.3 is 5.97 Å². The predicted molar refractivity (Wildman–Crippen MR) is 77.3 cm³/mol. The van der Waals surface area contributed by atoms with Crippen molar-refractivity contribution in [2.24, 2.45) is 0 Å². The molecule has 2 aromatic heterocycles. The molecule has 0 unspecified atom stereocenters. The number of carbonyl (C=O) groups is 1. The number of ether oxygens (including phenoxy) is 1. The van der Waals surface area contributed by atoms with Crippen molar-refractivity contribution in [3.63, 3.8) is 0 Å². The molecule has 0 saturated heterocycles. The summed E-state index contributed by atoms with van der Waals surface area (Å²) in [6, 6.07) is 3.50. The first-order valence-corrected chi connectivity index (χ1v) is 7.30. The maximum absolute atomic E-state index is 11.3. The maximum atomic E-state index is 11.3. The average molecular weight is 358 g/mol. The molecule has 0 N–H and O–H groups in total. The molecule has 0 aliphatic heterocycles. The minimum absolute atomic E-state index is 0.212. The highest BCUT2D eigenvalue weighted by molar-refractivity contribution is 9.10. The lowest BCUT2D eigenvalue weighted by Crippen LogP contribution is -2.22. The zero-order valence-electron chi connectivity index (χ0n) is 11.8. The second kappa shape index (κ2) is 7.37. The van der Waals surface area contributed by atoms with Gasteiger partial charge in [-0.05, 0) is 42.0 Å². The zero-order valence-corrected chi connectivity index (χ0v) is 13.4. The summed E-state index contributed by atoms with van der Waals surface area (Å²) < 4.78 is 16.3. The van der Waals surface area contributed by atoms with E-state index in [1.54, 1.807) is 19.1 Å². The minimum atomic E-state index is -0.212. The van der Waals surface area contributed by atoms with E-state index in [0.29, 0.717) is 48.3 Å². The summed E-state index contributed by atoms with van der Waals surface area (Å²) in [6.45, 7) is 3.19. The van der Waals surface area contributed by atoms with Gasteiger partial charge in [0.25, 0.3) is 5.89 Å². The lowest BCUT2D eigenvalue weighted by Gasteiger charge is -2.13. The highest BCUT2D eigenvalue weighted by atomic mass is 79.9. The van der Waals surface area contributed by atoms with E-state index in [1.165, 1.54) is 0 Å². The Kier molecular flexibility index (Phi) is 5.51. The number of hydrogen-bond acceptors (Lipinski definition) is 7. The van der Waals surface area contributed by atoms with Crippen LogP contribution in [0.4, 0.5) is 0 Å². The van der Waals surface area contributed by atoms with Crippen LogP contribution in [0.15, 0.2) is 25.6 Å². The standard InChI is InChI=1S/C13H16BrN3O4/c1-3-19-12(18)6-7-17(2)8-11-15-16-13(21-11)9-4-5-10(14)20-9/h4-5H,3,6-8H2,1-2H3. The van der Waals surface area contributed by atoms with Crippen molar-refractivity contribution in [2.45, 2.75) is 19.9 Å². The maximum Gasteiger partial charge on any atom is 0.307 e. The Morgan fingerprint density at radius 3 is 2.86 bits per heavy atom. The summed E-state index contributed by atoms with van der Waals surface area (Å²) in [7, 11) is 1.87. The van der Waals surface area contributed by atoms with E-state index in [-0.39, 0.29) is 5.97 Å². The van der Waals surface area contributed by atoms with Crippen molar-refractivity contribution in [2.75, 3.05) is 20.2 Å². The number of nitrogens with zero attached hydrogens (tertiary/aromatic N) is 3. The molecule has 8 heteroatoms. The summed E-state index contributed by atoms with van der Waals surface area (Å²) in [5.41, 5.74) is 0. The van der Waals surface area contributed by atoms with Gasteiger partial charge in [-0.3, -0.25) is 9.69 Å². The molecule has 0 aliphatic carbocycles. The Morgan fingerprint density at radius 1 is 1.38 bits per heavy atom. The molecule has 0 radical (unpaired) electrons. The molecule has 0 bridgehead atoms. The van der Waals surface area contributed by atoms with Crippen LogP contribution >= 0.6 is 15.9 Å². The van der Waals surface area contributed by atoms with Crippen LogP contribution in [0, 0.1) is 0 Å². The SMILES string of the molecule is CCOC(=O)CCN(C)Cc1nnc(-c2ccc(Br)o2)o1. The smallest absolute Gasteiger partial charge is 0.307 e. The monoisotopic (exact) mass is 357 g/mol. The first-order chi connectivity index (χ1) is 10.1. The predicted octanol–water partition coefficient (Wildman–Crippen LogP) is 2.48. The molecule has 7 nitrogen and oxygen atoms in total.